The Kier molecular flexibility index (Phi) is 21.9. The second-order valence-corrected chi connectivity index (χ2v) is 13.7. The van der Waals surface area contributed by atoms with Crippen LogP contribution in [0.5, 0.6) is 0 Å². The van der Waals surface area contributed by atoms with Crippen molar-refractivity contribution in [3.05, 3.63) is 0 Å². The zero-order valence-electron chi connectivity index (χ0n) is 31.2. The lowest BCUT2D eigenvalue weighted by Gasteiger charge is -2.46. The second-order valence-electron chi connectivity index (χ2n) is 13.7. The summed E-state index contributed by atoms with van der Waals surface area (Å²) in [5, 5.41) is 23.1. The van der Waals surface area contributed by atoms with Crippen molar-refractivity contribution in [3.8, 4) is 0 Å². The molecule has 0 bridgehead atoms. The second kappa shape index (κ2) is 24.0. The van der Waals surface area contributed by atoms with Crippen LogP contribution in [0.2, 0.25) is 0 Å². The molecule has 0 spiro atoms. The summed E-state index contributed by atoms with van der Waals surface area (Å²) in [6.45, 7) is 15.7. The number of carbonyl (C=O) groups excluding carboxylic acids is 4. The molecule has 0 saturated heterocycles. The average molecular weight is 685 g/mol. The molecule has 0 aromatic carbocycles. The number of hydrogen-bond acceptors (Lipinski definition) is 10. The fourth-order valence-electron chi connectivity index (χ4n) is 6.92. The van der Waals surface area contributed by atoms with Gasteiger partial charge in [0.1, 0.15) is 12.2 Å². The SMILES string of the molecule is CCCC(CCC)C(=O)O[C@@H]1[C@@H](OC(=O)C(CCC)CCC)[C@H](OC(=O)C(CCC)CCC)[C@@H](O)[C@@H](O)[C@H]1OC(=O)C(CCC)CCC. The van der Waals surface area contributed by atoms with Crippen molar-refractivity contribution in [1.82, 2.24) is 0 Å². The van der Waals surface area contributed by atoms with Crippen LogP contribution in [0.15, 0.2) is 0 Å². The first kappa shape index (κ1) is 43.8. The van der Waals surface area contributed by atoms with Crippen LogP contribution >= 0.6 is 0 Å². The molecule has 0 aromatic heterocycles. The van der Waals surface area contributed by atoms with Gasteiger partial charge in [-0.15, -0.1) is 0 Å². The summed E-state index contributed by atoms with van der Waals surface area (Å²) in [4.78, 5) is 54.7. The highest BCUT2D eigenvalue weighted by molar-refractivity contribution is 5.75. The van der Waals surface area contributed by atoms with Crippen LogP contribution in [0.1, 0.15) is 158 Å². The number of ether oxygens (including phenoxy) is 4. The molecule has 48 heavy (non-hydrogen) atoms. The molecule has 0 aromatic rings. The lowest BCUT2D eigenvalue weighted by molar-refractivity contribution is -0.257. The summed E-state index contributed by atoms with van der Waals surface area (Å²) in [6, 6.07) is 0. The fraction of sp³-hybridized carbons (Fsp3) is 0.895. The summed E-state index contributed by atoms with van der Waals surface area (Å²) < 4.78 is 24.1. The van der Waals surface area contributed by atoms with E-state index in [1.165, 1.54) is 0 Å². The van der Waals surface area contributed by atoms with E-state index in [1.807, 2.05) is 55.4 Å². The van der Waals surface area contributed by atoms with Gasteiger partial charge in [0.25, 0.3) is 0 Å². The summed E-state index contributed by atoms with van der Waals surface area (Å²) >= 11 is 0. The molecule has 0 amide bonds. The van der Waals surface area contributed by atoms with Gasteiger partial charge in [0.15, 0.2) is 24.4 Å². The zero-order valence-corrected chi connectivity index (χ0v) is 31.2. The van der Waals surface area contributed by atoms with E-state index in [2.05, 4.69) is 0 Å². The summed E-state index contributed by atoms with van der Waals surface area (Å²) in [6.07, 6.45) is 0.582. The van der Waals surface area contributed by atoms with Gasteiger partial charge in [-0.2, -0.15) is 0 Å². The molecule has 1 fully saturated rings. The molecule has 0 heterocycles. The minimum absolute atomic E-state index is 0.465. The Hall–Kier alpha value is -2.20. The third-order valence-corrected chi connectivity index (χ3v) is 9.43. The van der Waals surface area contributed by atoms with Gasteiger partial charge in [-0.1, -0.05) is 107 Å². The first-order chi connectivity index (χ1) is 23.0. The molecule has 1 aliphatic carbocycles. The van der Waals surface area contributed by atoms with E-state index < -0.39 is 84.2 Å². The molecule has 0 radical (unpaired) electrons. The molecule has 1 saturated carbocycles. The van der Waals surface area contributed by atoms with Gasteiger partial charge in [-0.25, -0.2) is 0 Å². The van der Waals surface area contributed by atoms with Gasteiger partial charge in [-0.05, 0) is 51.4 Å². The summed E-state index contributed by atoms with van der Waals surface area (Å²) in [5.74, 6) is -4.21. The standard InChI is InChI=1S/C38H68O10/c1-9-17-25(18-10-2)35(41)45-31-29(39)30(40)32(46-36(42)26(19-11-3)20-12-4)34(48-38(44)28(23-15-7)24-16-8)33(31)47-37(43)27(21-13-5)22-14-6/h25-34,39-40H,9-24H2,1-8H3/t29-,30+,31-,32-,33+,34+/m1/s1. The first-order valence-corrected chi connectivity index (χ1v) is 19.2. The predicted octanol–water partition coefficient (Wildman–Crippen LogP) is 7.23. The molecule has 1 rings (SSSR count). The topological polar surface area (TPSA) is 146 Å². The Bertz CT molecular complexity index is 840. The normalized spacial score (nSPS) is 22.7. The molecule has 1 aliphatic rings. The molecular formula is C38H68O10. The minimum atomic E-state index is -1.78. The molecule has 2 N–H and O–H groups in total. The van der Waals surface area contributed by atoms with E-state index >= 15 is 0 Å². The smallest absolute Gasteiger partial charge is 0.309 e. The van der Waals surface area contributed by atoms with Crippen molar-refractivity contribution in [1.29, 1.82) is 0 Å². The molecular weight excluding hydrogens is 616 g/mol. The van der Waals surface area contributed by atoms with Crippen molar-refractivity contribution in [3.63, 3.8) is 0 Å². The highest BCUT2D eigenvalue weighted by Gasteiger charge is 2.58. The van der Waals surface area contributed by atoms with Gasteiger partial charge < -0.3 is 29.2 Å². The van der Waals surface area contributed by atoms with Gasteiger partial charge in [-0.3, -0.25) is 19.2 Å². The number of esters is 4. The summed E-state index contributed by atoms with van der Waals surface area (Å²) in [5.41, 5.74) is 0. The molecule has 10 heteroatoms. The number of aliphatic hydroxyl groups excluding tert-OH is 2. The summed E-state index contributed by atoms with van der Waals surface area (Å²) in [7, 11) is 0. The third-order valence-electron chi connectivity index (χ3n) is 9.43. The minimum Gasteiger partial charge on any atom is -0.455 e. The van der Waals surface area contributed by atoms with Crippen molar-refractivity contribution < 1.29 is 48.3 Å². The molecule has 0 aliphatic heterocycles. The quantitative estimate of drug-likeness (QED) is 0.0788. The lowest BCUT2D eigenvalue weighted by Crippen LogP contribution is -2.68. The van der Waals surface area contributed by atoms with Crippen molar-refractivity contribution >= 4 is 23.9 Å². The lowest BCUT2D eigenvalue weighted by atomic mass is 9.83. The molecule has 0 unspecified atom stereocenters. The maximum Gasteiger partial charge on any atom is 0.309 e. The van der Waals surface area contributed by atoms with Crippen LogP contribution in [-0.4, -0.2) is 70.7 Å². The van der Waals surface area contributed by atoms with Gasteiger partial charge >= 0.3 is 23.9 Å². The Balaban J connectivity index is 3.81. The Morgan fingerprint density at radius 1 is 0.375 bits per heavy atom. The molecule has 6 atom stereocenters. The number of aliphatic hydroxyl groups is 2. The number of hydrogen-bond donors (Lipinski definition) is 2. The van der Waals surface area contributed by atoms with Crippen LogP contribution < -0.4 is 0 Å². The highest BCUT2D eigenvalue weighted by Crippen LogP contribution is 2.35. The Morgan fingerprint density at radius 2 is 0.542 bits per heavy atom. The van der Waals surface area contributed by atoms with Crippen LogP contribution in [0, 0.1) is 23.7 Å². The predicted molar refractivity (Wildman–Crippen MR) is 185 cm³/mol. The maximum absolute atomic E-state index is 13.8. The first-order valence-electron chi connectivity index (χ1n) is 19.2. The van der Waals surface area contributed by atoms with Crippen LogP contribution in [0.4, 0.5) is 0 Å². The Morgan fingerprint density at radius 3 is 0.708 bits per heavy atom. The zero-order chi connectivity index (χ0) is 36.2. The van der Waals surface area contributed by atoms with E-state index in [-0.39, 0.29) is 0 Å². The maximum atomic E-state index is 13.8. The van der Waals surface area contributed by atoms with E-state index in [0.29, 0.717) is 51.4 Å². The van der Waals surface area contributed by atoms with Crippen molar-refractivity contribution in [2.45, 2.75) is 195 Å². The van der Waals surface area contributed by atoms with Gasteiger partial charge in [0, 0.05) is 0 Å². The fourth-order valence-corrected chi connectivity index (χ4v) is 6.92. The molecule has 10 nitrogen and oxygen atoms in total. The van der Waals surface area contributed by atoms with Crippen molar-refractivity contribution in [2.75, 3.05) is 0 Å². The highest BCUT2D eigenvalue weighted by atomic mass is 16.6. The number of carbonyl (C=O) groups is 4. The van der Waals surface area contributed by atoms with Crippen LogP contribution in [0.3, 0.4) is 0 Å². The van der Waals surface area contributed by atoms with Crippen molar-refractivity contribution in [2.24, 2.45) is 23.7 Å². The van der Waals surface area contributed by atoms with E-state index in [1.54, 1.807) is 0 Å². The monoisotopic (exact) mass is 684 g/mol. The van der Waals surface area contributed by atoms with E-state index in [0.717, 1.165) is 51.4 Å². The third kappa shape index (κ3) is 13.3. The Labute approximate surface area is 290 Å². The van der Waals surface area contributed by atoms with Crippen LogP contribution in [0.25, 0.3) is 0 Å². The van der Waals surface area contributed by atoms with Gasteiger partial charge in [0.2, 0.25) is 0 Å². The largest absolute Gasteiger partial charge is 0.455 e. The molecule has 280 valence electrons. The van der Waals surface area contributed by atoms with Gasteiger partial charge in [0.05, 0.1) is 23.7 Å². The number of rotatable bonds is 24. The average Bonchev–Trinajstić information content (AvgIpc) is 3.05. The van der Waals surface area contributed by atoms with Crippen LogP contribution in [-0.2, 0) is 38.1 Å². The van der Waals surface area contributed by atoms with E-state index in [4.69, 9.17) is 18.9 Å². The van der Waals surface area contributed by atoms with E-state index in [9.17, 15) is 29.4 Å².